The Morgan fingerprint density at radius 2 is 1.86 bits per heavy atom. The number of aromatic hydroxyl groups is 1. The molecule has 1 atom stereocenters. The third kappa shape index (κ3) is 3.78. The number of hydrogen-bond donors (Lipinski definition) is 2. The molecule has 0 fully saturated rings. The molecule has 110 valence electrons. The molecule has 1 unspecified atom stereocenters. The van der Waals surface area contributed by atoms with E-state index in [9.17, 15) is 18.7 Å². The maximum Gasteiger partial charge on any atom is 0.258 e. The molecule has 0 aliphatic rings. The van der Waals surface area contributed by atoms with E-state index in [1.807, 2.05) is 0 Å². The summed E-state index contributed by atoms with van der Waals surface area (Å²) in [7, 11) is 0. The number of amides is 1. The Morgan fingerprint density at radius 3 is 2.48 bits per heavy atom. The summed E-state index contributed by atoms with van der Waals surface area (Å²) in [5.41, 5.74) is 0.477. The Balaban J connectivity index is 2.04. The van der Waals surface area contributed by atoms with Crippen molar-refractivity contribution in [1.82, 2.24) is 5.32 Å². The van der Waals surface area contributed by atoms with Gasteiger partial charge in [-0.25, -0.2) is 8.78 Å². The molecular weight excluding hydrogens is 276 g/mol. The summed E-state index contributed by atoms with van der Waals surface area (Å²) < 4.78 is 26.4. The summed E-state index contributed by atoms with van der Waals surface area (Å²) in [6, 6.07) is 9.32. The molecule has 0 aliphatic heterocycles. The Hall–Kier alpha value is -2.43. The molecule has 3 nitrogen and oxygen atoms in total. The fraction of sp³-hybridized carbons (Fsp3) is 0.188. The number of hydrogen-bond acceptors (Lipinski definition) is 2. The van der Waals surface area contributed by atoms with Crippen molar-refractivity contribution in [2.75, 3.05) is 0 Å². The summed E-state index contributed by atoms with van der Waals surface area (Å²) in [6.07, 6.45) is 0.473. The molecule has 0 radical (unpaired) electrons. The van der Waals surface area contributed by atoms with Gasteiger partial charge in [-0.3, -0.25) is 4.79 Å². The predicted octanol–water partition coefficient (Wildman–Crippen LogP) is 3.03. The monoisotopic (exact) mass is 291 g/mol. The maximum atomic E-state index is 13.6. The van der Waals surface area contributed by atoms with Crippen molar-refractivity contribution >= 4 is 5.91 Å². The highest BCUT2D eigenvalue weighted by Gasteiger charge is 2.18. The van der Waals surface area contributed by atoms with Crippen LogP contribution in [0.2, 0.25) is 0 Å². The van der Waals surface area contributed by atoms with E-state index in [2.05, 4.69) is 5.32 Å². The van der Waals surface area contributed by atoms with E-state index in [4.69, 9.17) is 0 Å². The third-order valence-electron chi connectivity index (χ3n) is 3.05. The number of nitrogens with one attached hydrogen (secondary N) is 1. The average molecular weight is 291 g/mol. The molecule has 0 bridgehead atoms. The molecule has 0 saturated heterocycles. The number of carbonyl (C=O) groups excluding carboxylic acids is 1. The van der Waals surface area contributed by atoms with Gasteiger partial charge in [0.15, 0.2) is 0 Å². The summed E-state index contributed by atoms with van der Waals surface area (Å²) in [5, 5.41) is 12.2. The van der Waals surface area contributed by atoms with E-state index in [0.29, 0.717) is 6.42 Å². The normalized spacial score (nSPS) is 12.0. The van der Waals surface area contributed by atoms with Gasteiger partial charge in [0.1, 0.15) is 22.9 Å². The molecule has 0 aliphatic carbocycles. The first-order chi connectivity index (χ1) is 9.97. The molecule has 2 aromatic rings. The quantitative estimate of drug-likeness (QED) is 0.909. The zero-order chi connectivity index (χ0) is 15.4. The second-order valence-corrected chi connectivity index (χ2v) is 4.84. The number of carbonyl (C=O) groups is 1. The Labute approximate surface area is 121 Å². The van der Waals surface area contributed by atoms with Crippen LogP contribution >= 0.6 is 0 Å². The van der Waals surface area contributed by atoms with E-state index >= 15 is 0 Å². The van der Waals surface area contributed by atoms with Crippen LogP contribution in [0.3, 0.4) is 0 Å². The van der Waals surface area contributed by atoms with Crippen molar-refractivity contribution in [3.63, 3.8) is 0 Å². The Kier molecular flexibility index (Phi) is 4.52. The first-order valence-electron chi connectivity index (χ1n) is 6.50. The molecule has 2 rings (SSSR count). The number of phenols is 1. The molecular formula is C16H15F2NO2. The fourth-order valence-electron chi connectivity index (χ4n) is 2.06. The van der Waals surface area contributed by atoms with Crippen LogP contribution in [0.25, 0.3) is 0 Å². The van der Waals surface area contributed by atoms with Crippen LogP contribution in [0.4, 0.5) is 8.78 Å². The Bertz CT molecular complexity index is 621. The van der Waals surface area contributed by atoms with Crippen molar-refractivity contribution < 1.29 is 18.7 Å². The van der Waals surface area contributed by atoms with Gasteiger partial charge in [0.05, 0.1) is 0 Å². The minimum Gasteiger partial charge on any atom is -0.507 e. The highest BCUT2D eigenvalue weighted by molar-refractivity contribution is 5.97. The minimum atomic E-state index is -0.776. The smallest absolute Gasteiger partial charge is 0.258 e. The zero-order valence-corrected chi connectivity index (χ0v) is 11.4. The molecule has 5 heteroatoms. The summed E-state index contributed by atoms with van der Waals surface area (Å²) in [6.45, 7) is 1.75. The lowest BCUT2D eigenvalue weighted by molar-refractivity contribution is 0.0933. The SMILES string of the molecule is CC(Cc1ccc(F)cc1)NC(=O)c1c(O)cccc1F. The van der Waals surface area contributed by atoms with E-state index in [0.717, 1.165) is 11.6 Å². The molecule has 21 heavy (non-hydrogen) atoms. The molecule has 1 amide bonds. The van der Waals surface area contributed by atoms with E-state index in [-0.39, 0.29) is 17.4 Å². The lowest BCUT2D eigenvalue weighted by Gasteiger charge is -2.15. The van der Waals surface area contributed by atoms with Crippen LogP contribution in [0.5, 0.6) is 5.75 Å². The van der Waals surface area contributed by atoms with Gasteiger partial charge in [-0.05, 0) is 43.2 Å². The predicted molar refractivity (Wildman–Crippen MR) is 75.1 cm³/mol. The highest BCUT2D eigenvalue weighted by atomic mass is 19.1. The maximum absolute atomic E-state index is 13.6. The molecule has 0 saturated carbocycles. The van der Waals surface area contributed by atoms with Crippen molar-refractivity contribution in [3.05, 3.63) is 65.2 Å². The largest absolute Gasteiger partial charge is 0.507 e. The van der Waals surface area contributed by atoms with Crippen LogP contribution in [0.15, 0.2) is 42.5 Å². The second kappa shape index (κ2) is 6.35. The highest BCUT2D eigenvalue weighted by Crippen LogP contribution is 2.19. The van der Waals surface area contributed by atoms with Crippen LogP contribution in [0.1, 0.15) is 22.8 Å². The van der Waals surface area contributed by atoms with Crippen molar-refractivity contribution in [1.29, 1.82) is 0 Å². The number of halogens is 2. The van der Waals surface area contributed by atoms with Crippen molar-refractivity contribution in [2.24, 2.45) is 0 Å². The van der Waals surface area contributed by atoms with Crippen LogP contribution in [-0.4, -0.2) is 17.1 Å². The van der Waals surface area contributed by atoms with Gasteiger partial charge in [-0.1, -0.05) is 18.2 Å². The summed E-state index contributed by atoms with van der Waals surface area (Å²) in [4.78, 5) is 12.0. The third-order valence-corrected chi connectivity index (χ3v) is 3.05. The van der Waals surface area contributed by atoms with E-state index < -0.39 is 17.5 Å². The summed E-state index contributed by atoms with van der Waals surface area (Å²) >= 11 is 0. The van der Waals surface area contributed by atoms with Gasteiger partial charge in [-0.15, -0.1) is 0 Å². The van der Waals surface area contributed by atoms with E-state index in [1.165, 1.54) is 24.3 Å². The van der Waals surface area contributed by atoms with Crippen LogP contribution in [0, 0.1) is 11.6 Å². The van der Waals surface area contributed by atoms with Gasteiger partial charge >= 0.3 is 0 Å². The van der Waals surface area contributed by atoms with Crippen molar-refractivity contribution in [3.8, 4) is 5.75 Å². The Morgan fingerprint density at radius 1 is 1.19 bits per heavy atom. The first-order valence-corrected chi connectivity index (χ1v) is 6.50. The fourth-order valence-corrected chi connectivity index (χ4v) is 2.06. The number of phenolic OH excluding ortho intramolecular Hbond substituents is 1. The summed E-state index contributed by atoms with van der Waals surface area (Å²) in [5.74, 6) is -2.19. The first kappa shape index (κ1) is 15.0. The number of rotatable bonds is 4. The van der Waals surface area contributed by atoms with Crippen LogP contribution in [-0.2, 0) is 6.42 Å². The molecule has 0 heterocycles. The minimum absolute atomic E-state index is 0.290. The standard InChI is InChI=1S/C16H15F2NO2/c1-10(9-11-5-7-12(17)8-6-11)19-16(21)15-13(18)3-2-4-14(15)20/h2-8,10,20H,9H2,1H3,(H,19,21). The lowest BCUT2D eigenvalue weighted by atomic mass is 10.1. The van der Waals surface area contributed by atoms with E-state index in [1.54, 1.807) is 19.1 Å². The molecule has 0 spiro atoms. The zero-order valence-electron chi connectivity index (χ0n) is 11.4. The molecule has 0 aromatic heterocycles. The topological polar surface area (TPSA) is 49.3 Å². The van der Waals surface area contributed by atoms with Crippen molar-refractivity contribution in [2.45, 2.75) is 19.4 Å². The lowest BCUT2D eigenvalue weighted by Crippen LogP contribution is -2.34. The van der Waals surface area contributed by atoms with Gasteiger partial charge in [0.25, 0.3) is 5.91 Å². The van der Waals surface area contributed by atoms with Gasteiger partial charge in [0, 0.05) is 6.04 Å². The van der Waals surface area contributed by atoms with Gasteiger partial charge < -0.3 is 10.4 Å². The second-order valence-electron chi connectivity index (χ2n) is 4.84. The van der Waals surface area contributed by atoms with Gasteiger partial charge in [0.2, 0.25) is 0 Å². The molecule has 2 aromatic carbocycles. The van der Waals surface area contributed by atoms with Gasteiger partial charge in [-0.2, -0.15) is 0 Å². The van der Waals surface area contributed by atoms with Crippen LogP contribution < -0.4 is 5.32 Å². The average Bonchev–Trinajstić information content (AvgIpc) is 2.41. The number of benzene rings is 2. The molecule has 2 N–H and O–H groups in total.